The van der Waals surface area contributed by atoms with E-state index in [1.165, 1.54) is 12.8 Å². The zero-order chi connectivity index (χ0) is 13.0. The maximum Gasteiger partial charge on any atom is 0.224 e. The largest absolute Gasteiger partial charge is 0.327 e. The molecule has 0 heterocycles. The van der Waals surface area contributed by atoms with E-state index >= 15 is 0 Å². The third kappa shape index (κ3) is 5.13. The summed E-state index contributed by atoms with van der Waals surface area (Å²) in [6, 6.07) is 7.83. The molecule has 1 saturated carbocycles. The Morgan fingerprint density at radius 3 is 2.79 bits per heavy atom. The number of amides is 1. The molecule has 2 unspecified atom stereocenters. The van der Waals surface area contributed by atoms with E-state index in [-0.39, 0.29) is 24.4 Å². The van der Waals surface area contributed by atoms with E-state index in [0.29, 0.717) is 12.3 Å². The molecule has 2 rings (SSSR count). The summed E-state index contributed by atoms with van der Waals surface area (Å²) in [5.41, 5.74) is 6.89. The summed E-state index contributed by atoms with van der Waals surface area (Å²) >= 11 is 3.39. The minimum atomic E-state index is 0. The lowest BCUT2D eigenvalue weighted by molar-refractivity contribution is -0.117. The molecule has 1 amide bonds. The van der Waals surface area contributed by atoms with Crippen molar-refractivity contribution in [3.8, 4) is 0 Å². The smallest absolute Gasteiger partial charge is 0.224 e. The summed E-state index contributed by atoms with van der Waals surface area (Å²) < 4.78 is 0.967. The first-order valence-electron chi connectivity index (χ1n) is 6.46. The monoisotopic (exact) mass is 346 g/mol. The fourth-order valence-corrected chi connectivity index (χ4v) is 2.91. The van der Waals surface area contributed by atoms with Gasteiger partial charge in [-0.15, -0.1) is 12.4 Å². The lowest BCUT2D eigenvalue weighted by atomic mass is 9.83. The van der Waals surface area contributed by atoms with Gasteiger partial charge in [-0.2, -0.15) is 0 Å². The van der Waals surface area contributed by atoms with Gasteiger partial charge < -0.3 is 11.1 Å². The summed E-state index contributed by atoms with van der Waals surface area (Å²) in [5, 5.41) is 2.93. The summed E-state index contributed by atoms with van der Waals surface area (Å²) in [5.74, 6) is 0.404. The highest BCUT2D eigenvalue weighted by Gasteiger charge is 2.24. The second-order valence-corrected chi connectivity index (χ2v) is 5.89. The number of nitrogens with two attached hydrogens (primary N) is 1. The van der Waals surface area contributed by atoms with Crippen LogP contribution in [0.4, 0.5) is 5.69 Å². The average Bonchev–Trinajstić information content (AvgIpc) is 2.32. The molecule has 1 aromatic rings. The Hall–Kier alpha value is -0.580. The molecular weight excluding hydrogens is 328 g/mol. The van der Waals surface area contributed by atoms with E-state index in [0.717, 1.165) is 23.0 Å². The van der Waals surface area contributed by atoms with Crippen LogP contribution in [-0.4, -0.2) is 11.9 Å². The predicted octanol–water partition coefficient (Wildman–Crippen LogP) is 3.72. The van der Waals surface area contributed by atoms with Gasteiger partial charge >= 0.3 is 0 Å². The number of carbonyl (C=O) groups excluding carboxylic acids is 1. The topological polar surface area (TPSA) is 55.1 Å². The molecule has 5 heteroatoms. The van der Waals surface area contributed by atoms with Crippen molar-refractivity contribution in [3.05, 3.63) is 28.7 Å². The van der Waals surface area contributed by atoms with Crippen molar-refractivity contribution in [3.63, 3.8) is 0 Å². The Morgan fingerprint density at radius 1 is 1.37 bits per heavy atom. The summed E-state index contributed by atoms with van der Waals surface area (Å²) in [4.78, 5) is 12.0. The third-order valence-corrected chi connectivity index (χ3v) is 4.02. The van der Waals surface area contributed by atoms with E-state index in [9.17, 15) is 4.79 Å². The standard InChI is InChI=1S/C14H19BrN2O.ClH/c15-11-5-3-6-12(9-11)17-14(18)8-10-4-1-2-7-13(10)16;/h3,5-6,9-10,13H,1-2,4,7-8,16H2,(H,17,18);1H. The SMILES string of the molecule is Cl.NC1CCCCC1CC(=O)Nc1cccc(Br)c1. The van der Waals surface area contributed by atoms with Crippen LogP contribution in [-0.2, 0) is 4.79 Å². The summed E-state index contributed by atoms with van der Waals surface area (Å²) in [6.45, 7) is 0. The van der Waals surface area contributed by atoms with Gasteiger partial charge in [0.25, 0.3) is 0 Å². The molecule has 1 aliphatic carbocycles. The van der Waals surface area contributed by atoms with Crippen LogP contribution in [0.3, 0.4) is 0 Å². The van der Waals surface area contributed by atoms with Crippen LogP contribution < -0.4 is 11.1 Å². The fourth-order valence-electron chi connectivity index (χ4n) is 2.51. The minimum absolute atomic E-state index is 0. The van der Waals surface area contributed by atoms with Gasteiger partial charge in [-0.1, -0.05) is 34.8 Å². The number of benzene rings is 1. The van der Waals surface area contributed by atoms with Crippen LogP contribution in [0, 0.1) is 5.92 Å². The lowest BCUT2D eigenvalue weighted by Gasteiger charge is -2.27. The Labute approximate surface area is 128 Å². The Balaban J connectivity index is 0.00000180. The van der Waals surface area contributed by atoms with Crippen molar-refractivity contribution in [2.45, 2.75) is 38.1 Å². The van der Waals surface area contributed by atoms with Crippen molar-refractivity contribution in [2.75, 3.05) is 5.32 Å². The lowest BCUT2D eigenvalue weighted by Crippen LogP contribution is -2.35. The summed E-state index contributed by atoms with van der Waals surface area (Å²) in [7, 11) is 0. The molecule has 0 bridgehead atoms. The minimum Gasteiger partial charge on any atom is -0.327 e. The Bertz CT molecular complexity index is 428. The van der Waals surface area contributed by atoms with Crippen molar-refractivity contribution < 1.29 is 4.79 Å². The molecule has 1 aliphatic rings. The van der Waals surface area contributed by atoms with Crippen molar-refractivity contribution >= 4 is 39.9 Å². The fraction of sp³-hybridized carbons (Fsp3) is 0.500. The highest BCUT2D eigenvalue weighted by atomic mass is 79.9. The zero-order valence-electron chi connectivity index (χ0n) is 10.8. The van der Waals surface area contributed by atoms with E-state index in [1.807, 2.05) is 24.3 Å². The van der Waals surface area contributed by atoms with Crippen LogP contribution in [0.15, 0.2) is 28.7 Å². The van der Waals surface area contributed by atoms with Gasteiger partial charge in [-0.25, -0.2) is 0 Å². The Kier molecular flexibility index (Phi) is 6.83. The zero-order valence-corrected chi connectivity index (χ0v) is 13.2. The van der Waals surface area contributed by atoms with Crippen LogP contribution in [0.2, 0.25) is 0 Å². The predicted molar refractivity (Wildman–Crippen MR) is 84.6 cm³/mol. The second kappa shape index (κ2) is 7.88. The molecule has 19 heavy (non-hydrogen) atoms. The van der Waals surface area contributed by atoms with E-state index in [1.54, 1.807) is 0 Å². The molecule has 3 N–H and O–H groups in total. The molecule has 0 spiro atoms. The van der Waals surface area contributed by atoms with Gasteiger partial charge in [0.1, 0.15) is 0 Å². The van der Waals surface area contributed by atoms with Crippen molar-refractivity contribution in [1.29, 1.82) is 0 Å². The molecule has 3 nitrogen and oxygen atoms in total. The number of hydrogen-bond acceptors (Lipinski definition) is 2. The molecule has 106 valence electrons. The van der Waals surface area contributed by atoms with Gasteiger partial charge in [-0.3, -0.25) is 4.79 Å². The molecule has 1 fully saturated rings. The average molecular weight is 348 g/mol. The third-order valence-electron chi connectivity index (χ3n) is 3.52. The number of rotatable bonds is 3. The maximum absolute atomic E-state index is 12.0. The second-order valence-electron chi connectivity index (χ2n) is 4.97. The van der Waals surface area contributed by atoms with Gasteiger partial charge in [0.05, 0.1) is 0 Å². The number of anilines is 1. The van der Waals surface area contributed by atoms with Crippen molar-refractivity contribution in [2.24, 2.45) is 11.7 Å². The van der Waals surface area contributed by atoms with E-state index in [4.69, 9.17) is 5.73 Å². The van der Waals surface area contributed by atoms with Crippen LogP contribution >= 0.6 is 28.3 Å². The van der Waals surface area contributed by atoms with Gasteiger partial charge in [0.15, 0.2) is 0 Å². The van der Waals surface area contributed by atoms with E-state index < -0.39 is 0 Å². The molecule has 1 aromatic carbocycles. The first-order valence-corrected chi connectivity index (χ1v) is 7.25. The van der Waals surface area contributed by atoms with Crippen LogP contribution in [0.25, 0.3) is 0 Å². The van der Waals surface area contributed by atoms with Crippen LogP contribution in [0.5, 0.6) is 0 Å². The molecule has 0 radical (unpaired) electrons. The summed E-state index contributed by atoms with van der Waals surface area (Å²) in [6.07, 6.45) is 5.06. The number of hydrogen-bond donors (Lipinski definition) is 2. The number of halogens is 2. The van der Waals surface area contributed by atoms with Crippen molar-refractivity contribution in [1.82, 2.24) is 0 Å². The van der Waals surface area contributed by atoms with Gasteiger partial charge in [-0.05, 0) is 37.0 Å². The molecular formula is C14H20BrClN2O. The normalized spacial score (nSPS) is 22.4. The molecule has 2 atom stereocenters. The van der Waals surface area contributed by atoms with E-state index in [2.05, 4.69) is 21.2 Å². The maximum atomic E-state index is 12.0. The Morgan fingerprint density at radius 2 is 2.11 bits per heavy atom. The number of nitrogens with one attached hydrogen (secondary N) is 1. The first kappa shape index (κ1) is 16.5. The van der Waals surface area contributed by atoms with Gasteiger partial charge in [0.2, 0.25) is 5.91 Å². The number of carbonyl (C=O) groups is 1. The quantitative estimate of drug-likeness (QED) is 0.875. The van der Waals surface area contributed by atoms with Gasteiger partial charge in [0, 0.05) is 22.6 Å². The highest BCUT2D eigenvalue weighted by Crippen LogP contribution is 2.26. The highest BCUT2D eigenvalue weighted by molar-refractivity contribution is 9.10. The molecule has 0 aromatic heterocycles. The first-order chi connectivity index (χ1) is 8.65. The van der Waals surface area contributed by atoms with Crippen LogP contribution in [0.1, 0.15) is 32.1 Å². The molecule has 0 saturated heterocycles. The molecule has 0 aliphatic heterocycles.